The van der Waals surface area contributed by atoms with Gasteiger partial charge in [-0.05, 0) is 41.2 Å². The minimum atomic E-state index is -0.419. The van der Waals surface area contributed by atoms with E-state index in [4.69, 9.17) is 9.47 Å². The summed E-state index contributed by atoms with van der Waals surface area (Å²) in [6.45, 7) is 1.51. The molecule has 4 heterocycles. The fourth-order valence-corrected chi connectivity index (χ4v) is 3.97. The van der Waals surface area contributed by atoms with Crippen molar-refractivity contribution in [1.29, 1.82) is 0 Å². The Labute approximate surface area is 174 Å². The van der Waals surface area contributed by atoms with E-state index >= 15 is 0 Å². The highest BCUT2D eigenvalue weighted by Gasteiger charge is 2.19. The van der Waals surface area contributed by atoms with Gasteiger partial charge >= 0.3 is 5.00 Å². The molecule has 1 aliphatic rings. The van der Waals surface area contributed by atoms with Crippen LogP contribution in [0, 0.1) is 10.1 Å². The van der Waals surface area contributed by atoms with Crippen LogP contribution in [0.1, 0.15) is 5.56 Å². The quantitative estimate of drug-likeness (QED) is 0.379. The monoisotopic (exact) mass is 421 g/mol. The van der Waals surface area contributed by atoms with Gasteiger partial charge in [-0.3, -0.25) is 15.1 Å². The first-order valence-electron chi connectivity index (χ1n) is 9.17. The summed E-state index contributed by atoms with van der Waals surface area (Å²) in [5.74, 6) is 2.35. The third kappa shape index (κ3) is 3.48. The van der Waals surface area contributed by atoms with Crippen LogP contribution in [0.15, 0.2) is 48.7 Å². The van der Waals surface area contributed by atoms with E-state index in [0.717, 1.165) is 22.6 Å². The Morgan fingerprint density at radius 1 is 1.10 bits per heavy atom. The zero-order valence-corrected chi connectivity index (χ0v) is 16.4. The SMILES string of the molecule is O=[N+]([O-])c1cc2c(NCc3ccc4c(c3)OCCO4)nc(-c3ccccn3)nc2s1. The number of benzene rings is 1. The molecule has 0 amide bonds. The number of nitro groups is 1. The molecular formula is C20H15N5O4S. The summed E-state index contributed by atoms with van der Waals surface area (Å²) in [6, 6.07) is 12.7. The van der Waals surface area contributed by atoms with Crippen molar-refractivity contribution in [2.45, 2.75) is 6.54 Å². The first-order chi connectivity index (χ1) is 14.7. The number of pyridine rings is 1. The molecule has 0 atom stereocenters. The maximum absolute atomic E-state index is 11.3. The fourth-order valence-electron chi connectivity index (χ4n) is 3.13. The average Bonchev–Trinajstić information content (AvgIpc) is 3.23. The van der Waals surface area contributed by atoms with E-state index in [2.05, 4.69) is 20.3 Å². The van der Waals surface area contributed by atoms with Gasteiger partial charge in [-0.2, -0.15) is 0 Å². The van der Waals surface area contributed by atoms with E-state index in [9.17, 15) is 10.1 Å². The normalized spacial score (nSPS) is 12.7. The number of rotatable bonds is 5. The van der Waals surface area contributed by atoms with Crippen molar-refractivity contribution in [2.75, 3.05) is 18.5 Å². The number of thiophene rings is 1. The van der Waals surface area contributed by atoms with Gasteiger partial charge in [-0.25, -0.2) is 9.97 Å². The van der Waals surface area contributed by atoms with Gasteiger partial charge < -0.3 is 14.8 Å². The Kier molecular flexibility index (Phi) is 4.60. The molecule has 9 nitrogen and oxygen atoms in total. The Balaban J connectivity index is 1.51. The van der Waals surface area contributed by atoms with Crippen molar-refractivity contribution in [3.05, 3.63) is 64.3 Å². The predicted octanol–water partition coefficient (Wildman–Crippen LogP) is 4.04. The highest BCUT2D eigenvalue weighted by atomic mass is 32.1. The average molecular weight is 421 g/mol. The Morgan fingerprint density at radius 3 is 2.77 bits per heavy atom. The van der Waals surface area contributed by atoms with Crippen LogP contribution in [-0.2, 0) is 6.54 Å². The number of fused-ring (bicyclic) bond motifs is 2. The lowest BCUT2D eigenvalue weighted by Gasteiger charge is -2.19. The summed E-state index contributed by atoms with van der Waals surface area (Å²) in [4.78, 5) is 24.7. The van der Waals surface area contributed by atoms with Gasteiger partial charge in [0.1, 0.15) is 29.6 Å². The van der Waals surface area contributed by atoms with E-state index in [-0.39, 0.29) is 5.00 Å². The van der Waals surface area contributed by atoms with E-state index in [1.165, 1.54) is 6.07 Å². The Hall–Kier alpha value is -3.79. The number of aromatic nitrogens is 3. The number of hydrogen-bond donors (Lipinski definition) is 1. The van der Waals surface area contributed by atoms with Gasteiger partial charge in [0, 0.05) is 18.8 Å². The lowest BCUT2D eigenvalue weighted by molar-refractivity contribution is -0.380. The highest BCUT2D eigenvalue weighted by molar-refractivity contribution is 7.21. The Bertz CT molecular complexity index is 1240. The van der Waals surface area contributed by atoms with Gasteiger partial charge in [-0.15, -0.1) is 0 Å². The lowest BCUT2D eigenvalue weighted by atomic mass is 10.2. The molecule has 1 N–H and O–H groups in total. The maximum atomic E-state index is 11.3. The van der Waals surface area contributed by atoms with E-state index in [1.54, 1.807) is 18.3 Å². The summed E-state index contributed by atoms with van der Waals surface area (Å²) >= 11 is 1.01. The van der Waals surface area contributed by atoms with Crippen LogP contribution in [0.3, 0.4) is 0 Å². The molecule has 4 aromatic rings. The molecule has 0 saturated carbocycles. The van der Waals surface area contributed by atoms with Crippen molar-refractivity contribution < 1.29 is 14.4 Å². The van der Waals surface area contributed by atoms with Gasteiger partial charge in [0.15, 0.2) is 17.3 Å². The lowest BCUT2D eigenvalue weighted by Crippen LogP contribution is -2.15. The summed E-state index contributed by atoms with van der Waals surface area (Å²) in [7, 11) is 0. The van der Waals surface area contributed by atoms with Crippen LogP contribution in [0.4, 0.5) is 10.8 Å². The van der Waals surface area contributed by atoms with Crippen molar-refractivity contribution in [3.8, 4) is 23.0 Å². The maximum Gasteiger partial charge on any atom is 0.326 e. The molecular weight excluding hydrogens is 406 g/mol. The topological polar surface area (TPSA) is 112 Å². The minimum Gasteiger partial charge on any atom is -0.486 e. The zero-order valence-electron chi connectivity index (χ0n) is 15.6. The minimum absolute atomic E-state index is 0.0138. The summed E-state index contributed by atoms with van der Waals surface area (Å²) in [5.41, 5.74) is 1.56. The Morgan fingerprint density at radius 2 is 1.97 bits per heavy atom. The molecule has 1 aromatic carbocycles. The molecule has 150 valence electrons. The van der Waals surface area contributed by atoms with Gasteiger partial charge in [-0.1, -0.05) is 12.1 Å². The molecule has 0 fully saturated rings. The van der Waals surface area contributed by atoms with Crippen LogP contribution in [0.5, 0.6) is 11.5 Å². The van der Waals surface area contributed by atoms with Crippen molar-refractivity contribution in [3.63, 3.8) is 0 Å². The first kappa shape index (κ1) is 18.3. The van der Waals surface area contributed by atoms with Crippen LogP contribution in [-0.4, -0.2) is 33.1 Å². The highest BCUT2D eigenvalue weighted by Crippen LogP contribution is 2.36. The first-order valence-corrected chi connectivity index (χ1v) is 9.99. The molecule has 3 aromatic heterocycles. The molecule has 0 saturated heterocycles. The van der Waals surface area contributed by atoms with Crippen molar-refractivity contribution in [1.82, 2.24) is 15.0 Å². The number of nitrogens with one attached hydrogen (secondary N) is 1. The van der Waals surface area contributed by atoms with Crippen LogP contribution >= 0.6 is 11.3 Å². The molecule has 0 spiro atoms. The third-order valence-electron chi connectivity index (χ3n) is 4.52. The number of ether oxygens (including phenoxy) is 2. The summed E-state index contributed by atoms with van der Waals surface area (Å²) in [6.07, 6.45) is 1.65. The molecule has 0 unspecified atom stereocenters. The molecule has 0 aliphatic carbocycles. The molecule has 10 heteroatoms. The zero-order chi connectivity index (χ0) is 20.5. The van der Waals surface area contributed by atoms with E-state index in [1.807, 2.05) is 24.3 Å². The summed E-state index contributed by atoms with van der Waals surface area (Å²) in [5, 5.41) is 15.2. The van der Waals surface area contributed by atoms with Gasteiger partial charge in [0.05, 0.1) is 10.3 Å². The molecule has 30 heavy (non-hydrogen) atoms. The second kappa shape index (κ2) is 7.56. The fraction of sp³-hybridized carbons (Fsp3) is 0.150. The standard InChI is InChI=1S/C20H15N5O4S/c26-25(27)17-10-13-18(22-11-12-4-5-15-16(9-12)29-8-7-28-15)23-19(24-20(13)30-17)14-3-1-2-6-21-14/h1-6,9-10H,7-8,11H2,(H,22,23,24). The van der Waals surface area contributed by atoms with E-state index in [0.29, 0.717) is 53.1 Å². The second-order valence-corrected chi connectivity index (χ2v) is 7.51. The van der Waals surface area contributed by atoms with Gasteiger partial charge in [0.25, 0.3) is 0 Å². The van der Waals surface area contributed by atoms with Crippen molar-refractivity contribution >= 4 is 32.4 Å². The van der Waals surface area contributed by atoms with Crippen molar-refractivity contribution in [2.24, 2.45) is 0 Å². The largest absolute Gasteiger partial charge is 0.486 e. The molecule has 0 radical (unpaired) electrons. The molecule has 5 rings (SSSR count). The van der Waals surface area contributed by atoms with E-state index < -0.39 is 4.92 Å². The number of hydrogen-bond acceptors (Lipinski definition) is 9. The number of anilines is 1. The third-order valence-corrected chi connectivity index (χ3v) is 5.50. The summed E-state index contributed by atoms with van der Waals surface area (Å²) < 4.78 is 11.2. The smallest absolute Gasteiger partial charge is 0.326 e. The predicted molar refractivity (Wildman–Crippen MR) is 112 cm³/mol. The number of nitrogens with zero attached hydrogens (tertiary/aromatic N) is 4. The molecule has 0 bridgehead atoms. The molecule has 1 aliphatic heterocycles. The van der Waals surface area contributed by atoms with Crippen LogP contribution < -0.4 is 14.8 Å². The second-order valence-electron chi connectivity index (χ2n) is 6.50. The van der Waals surface area contributed by atoms with Crippen LogP contribution in [0.25, 0.3) is 21.7 Å². The van der Waals surface area contributed by atoms with Gasteiger partial charge in [0.2, 0.25) is 0 Å². The van der Waals surface area contributed by atoms with Crippen LogP contribution in [0.2, 0.25) is 0 Å².